The molecular weight excluding hydrogens is 286 g/mol. The second kappa shape index (κ2) is 6.17. The van der Waals surface area contributed by atoms with Gasteiger partial charge in [0.25, 0.3) is 0 Å². The van der Waals surface area contributed by atoms with E-state index in [-0.39, 0.29) is 5.41 Å². The average Bonchev–Trinajstić information content (AvgIpc) is 2.85. The molecule has 0 amide bonds. The molecule has 1 saturated heterocycles. The highest BCUT2D eigenvalue weighted by Crippen LogP contribution is 2.43. The number of sulfone groups is 1. The standard InChI is InChI=1S/C16H31NO3S/c1-13(14-6-10-21(19,20)11-7-14)17-12-15(2,3)16(18)8-4-5-9-16/h13-14,17-18H,4-12H2,1-3H3. The summed E-state index contributed by atoms with van der Waals surface area (Å²) in [6.45, 7) is 7.22. The molecule has 124 valence electrons. The predicted octanol–water partition coefficient (Wildman–Crippen LogP) is 2.12. The molecule has 1 atom stereocenters. The number of hydrogen-bond donors (Lipinski definition) is 2. The Bertz CT molecular complexity index is 438. The molecular formula is C16H31NO3S. The molecule has 1 saturated carbocycles. The first-order valence-corrected chi connectivity index (χ1v) is 10.1. The number of aliphatic hydroxyl groups is 1. The van der Waals surface area contributed by atoms with E-state index in [9.17, 15) is 13.5 Å². The van der Waals surface area contributed by atoms with E-state index in [1.54, 1.807) is 0 Å². The minimum atomic E-state index is -2.78. The van der Waals surface area contributed by atoms with Crippen molar-refractivity contribution in [3.05, 3.63) is 0 Å². The molecule has 0 aromatic carbocycles. The Balaban J connectivity index is 1.85. The Hall–Kier alpha value is -0.130. The number of hydrogen-bond acceptors (Lipinski definition) is 4. The van der Waals surface area contributed by atoms with Crippen molar-refractivity contribution in [2.45, 2.75) is 70.9 Å². The van der Waals surface area contributed by atoms with Crippen molar-refractivity contribution in [1.29, 1.82) is 0 Å². The fraction of sp³-hybridized carbons (Fsp3) is 1.00. The van der Waals surface area contributed by atoms with Crippen LogP contribution in [0, 0.1) is 11.3 Å². The maximum atomic E-state index is 11.5. The molecule has 0 aromatic rings. The Morgan fingerprint density at radius 3 is 2.29 bits per heavy atom. The molecule has 1 unspecified atom stereocenters. The first-order chi connectivity index (χ1) is 9.65. The van der Waals surface area contributed by atoms with Crippen LogP contribution in [0.4, 0.5) is 0 Å². The minimum absolute atomic E-state index is 0.140. The molecule has 0 spiro atoms. The zero-order valence-corrected chi connectivity index (χ0v) is 14.5. The Morgan fingerprint density at radius 2 is 1.76 bits per heavy atom. The molecule has 2 rings (SSSR count). The topological polar surface area (TPSA) is 66.4 Å². The lowest BCUT2D eigenvalue weighted by molar-refractivity contribution is -0.0615. The van der Waals surface area contributed by atoms with Crippen molar-refractivity contribution in [3.8, 4) is 0 Å². The monoisotopic (exact) mass is 317 g/mol. The Labute approximate surface area is 129 Å². The van der Waals surface area contributed by atoms with Crippen LogP contribution in [0.2, 0.25) is 0 Å². The lowest BCUT2D eigenvalue weighted by Gasteiger charge is -2.42. The zero-order valence-electron chi connectivity index (χ0n) is 13.7. The quantitative estimate of drug-likeness (QED) is 0.815. The van der Waals surface area contributed by atoms with E-state index in [0.717, 1.165) is 45.1 Å². The van der Waals surface area contributed by atoms with Crippen LogP contribution in [-0.4, -0.2) is 43.2 Å². The van der Waals surface area contributed by atoms with Crippen LogP contribution in [-0.2, 0) is 9.84 Å². The summed E-state index contributed by atoms with van der Waals surface area (Å²) in [6.07, 6.45) is 5.57. The fourth-order valence-corrected chi connectivity index (χ4v) is 5.32. The van der Waals surface area contributed by atoms with Gasteiger partial charge in [-0.1, -0.05) is 26.7 Å². The van der Waals surface area contributed by atoms with Crippen molar-refractivity contribution in [3.63, 3.8) is 0 Å². The molecule has 2 fully saturated rings. The molecule has 21 heavy (non-hydrogen) atoms. The molecule has 2 aliphatic rings. The van der Waals surface area contributed by atoms with Crippen LogP contribution in [0.15, 0.2) is 0 Å². The van der Waals surface area contributed by atoms with E-state index in [2.05, 4.69) is 26.1 Å². The smallest absolute Gasteiger partial charge is 0.150 e. The molecule has 0 bridgehead atoms. The van der Waals surface area contributed by atoms with Crippen molar-refractivity contribution < 1.29 is 13.5 Å². The molecule has 5 heteroatoms. The lowest BCUT2D eigenvalue weighted by atomic mass is 9.73. The highest BCUT2D eigenvalue weighted by molar-refractivity contribution is 7.91. The maximum absolute atomic E-state index is 11.5. The average molecular weight is 317 g/mol. The van der Waals surface area contributed by atoms with Gasteiger partial charge in [0.05, 0.1) is 17.1 Å². The summed E-state index contributed by atoms with van der Waals surface area (Å²) >= 11 is 0. The normalized spacial score (nSPS) is 27.6. The van der Waals surface area contributed by atoms with Crippen molar-refractivity contribution >= 4 is 9.84 Å². The summed E-state index contributed by atoms with van der Waals surface area (Å²) in [6, 6.07) is 0.310. The van der Waals surface area contributed by atoms with Gasteiger partial charge in [-0.3, -0.25) is 0 Å². The molecule has 0 radical (unpaired) electrons. The third-order valence-corrected chi connectivity index (χ3v) is 7.58. The zero-order chi connectivity index (χ0) is 15.7. The summed E-state index contributed by atoms with van der Waals surface area (Å²) in [7, 11) is -2.78. The SMILES string of the molecule is CC(NCC(C)(C)C1(O)CCCC1)C1CCS(=O)(=O)CC1. The highest BCUT2D eigenvalue weighted by atomic mass is 32.2. The Morgan fingerprint density at radius 1 is 1.24 bits per heavy atom. The van der Waals surface area contributed by atoms with E-state index in [1.165, 1.54) is 0 Å². The van der Waals surface area contributed by atoms with E-state index < -0.39 is 15.4 Å². The molecule has 0 aromatic heterocycles. The number of rotatable bonds is 5. The summed E-state index contributed by atoms with van der Waals surface area (Å²) in [5.74, 6) is 1.09. The van der Waals surface area contributed by atoms with Crippen LogP contribution >= 0.6 is 0 Å². The van der Waals surface area contributed by atoms with Gasteiger partial charge in [0.15, 0.2) is 0 Å². The van der Waals surface area contributed by atoms with Crippen molar-refractivity contribution in [2.24, 2.45) is 11.3 Å². The van der Waals surface area contributed by atoms with E-state index in [4.69, 9.17) is 0 Å². The van der Waals surface area contributed by atoms with Gasteiger partial charge in [0.2, 0.25) is 0 Å². The van der Waals surface area contributed by atoms with E-state index in [1.807, 2.05) is 0 Å². The van der Waals surface area contributed by atoms with Crippen LogP contribution < -0.4 is 5.32 Å². The van der Waals surface area contributed by atoms with Crippen LogP contribution in [0.25, 0.3) is 0 Å². The number of nitrogens with one attached hydrogen (secondary N) is 1. The van der Waals surface area contributed by atoms with Gasteiger partial charge in [-0.05, 0) is 38.5 Å². The van der Waals surface area contributed by atoms with Crippen LogP contribution in [0.5, 0.6) is 0 Å². The van der Waals surface area contributed by atoms with Gasteiger partial charge in [-0.15, -0.1) is 0 Å². The van der Waals surface area contributed by atoms with Gasteiger partial charge < -0.3 is 10.4 Å². The van der Waals surface area contributed by atoms with E-state index >= 15 is 0 Å². The molecule has 1 aliphatic carbocycles. The maximum Gasteiger partial charge on any atom is 0.150 e. The third-order valence-electron chi connectivity index (χ3n) is 5.86. The molecule has 1 aliphatic heterocycles. The minimum Gasteiger partial charge on any atom is -0.389 e. The second-order valence-electron chi connectivity index (χ2n) is 7.78. The third kappa shape index (κ3) is 3.99. The first kappa shape index (κ1) is 17.2. The van der Waals surface area contributed by atoms with Crippen LogP contribution in [0.3, 0.4) is 0 Å². The largest absolute Gasteiger partial charge is 0.389 e. The van der Waals surface area contributed by atoms with Crippen molar-refractivity contribution in [2.75, 3.05) is 18.1 Å². The summed E-state index contributed by atoms with van der Waals surface area (Å²) in [5, 5.41) is 14.4. The van der Waals surface area contributed by atoms with Gasteiger partial charge >= 0.3 is 0 Å². The van der Waals surface area contributed by atoms with E-state index in [0.29, 0.717) is 23.5 Å². The predicted molar refractivity (Wildman–Crippen MR) is 86.0 cm³/mol. The van der Waals surface area contributed by atoms with Gasteiger partial charge in [0.1, 0.15) is 9.84 Å². The van der Waals surface area contributed by atoms with Gasteiger partial charge in [0, 0.05) is 18.0 Å². The lowest BCUT2D eigenvalue weighted by Crippen LogP contribution is -2.51. The molecule has 4 nitrogen and oxygen atoms in total. The summed E-state index contributed by atoms with van der Waals surface area (Å²) < 4.78 is 23.0. The van der Waals surface area contributed by atoms with Gasteiger partial charge in [-0.25, -0.2) is 8.42 Å². The van der Waals surface area contributed by atoms with Crippen molar-refractivity contribution in [1.82, 2.24) is 5.32 Å². The highest BCUT2D eigenvalue weighted by Gasteiger charge is 2.45. The van der Waals surface area contributed by atoms with Gasteiger partial charge in [-0.2, -0.15) is 0 Å². The fourth-order valence-electron chi connectivity index (χ4n) is 3.79. The first-order valence-electron chi connectivity index (χ1n) is 8.31. The molecule has 2 N–H and O–H groups in total. The second-order valence-corrected chi connectivity index (χ2v) is 10.1. The summed E-state index contributed by atoms with van der Waals surface area (Å²) in [4.78, 5) is 0. The van der Waals surface area contributed by atoms with Crippen LogP contribution in [0.1, 0.15) is 59.3 Å². The summed E-state index contributed by atoms with van der Waals surface area (Å²) in [5.41, 5.74) is -0.686. The molecule has 1 heterocycles. The Kier molecular flexibility index (Phi) is 5.06.